The van der Waals surface area contributed by atoms with Crippen LogP contribution in [0, 0.1) is 5.92 Å². The molecule has 3 atom stereocenters. The third-order valence-electron chi connectivity index (χ3n) is 4.75. The van der Waals surface area contributed by atoms with Crippen LogP contribution in [-0.4, -0.2) is 73.3 Å². The molecule has 0 rings (SSSR count). The average Bonchev–Trinajstić information content (AvgIpc) is 2.61. The van der Waals surface area contributed by atoms with Gasteiger partial charge in [0.2, 0.25) is 5.91 Å². The van der Waals surface area contributed by atoms with Gasteiger partial charge in [-0.25, -0.2) is 4.57 Å². The number of nitrogens with zero attached hydrogens (tertiary/aromatic N) is 1. The summed E-state index contributed by atoms with van der Waals surface area (Å²) in [6.07, 6.45) is 6.04. The number of phosphoric acid groups is 1. The fourth-order valence-electron chi connectivity index (χ4n) is 3.12. The Kier molecular flexibility index (Phi) is 15.3. The lowest BCUT2D eigenvalue weighted by Crippen LogP contribution is -2.42. The van der Waals surface area contributed by atoms with Gasteiger partial charge in [-0.1, -0.05) is 46.0 Å². The maximum atomic E-state index is 12.1. The van der Waals surface area contributed by atoms with Crippen molar-refractivity contribution in [2.24, 2.45) is 5.92 Å². The van der Waals surface area contributed by atoms with E-state index in [1.807, 2.05) is 28.1 Å². The standard InChI is InChI=1S/C21H43N2O7P/c1-6-7-13-18(2)21(26)22-14-11-9-8-10-12-15-29-31(27,28)30-19(16-20(24)25)17-23(3,4)5/h18-19H,6-17H2,1-5H3,(H2-,22,24,25,26,27,28)/p+1/t18?,19-/m1/s1. The molecule has 0 heterocycles. The maximum absolute atomic E-state index is 12.1. The van der Waals surface area contributed by atoms with Crippen LogP contribution in [0.4, 0.5) is 0 Å². The molecule has 0 fully saturated rings. The molecule has 0 saturated carbocycles. The number of quaternary nitrogens is 1. The highest BCUT2D eigenvalue weighted by atomic mass is 31.2. The van der Waals surface area contributed by atoms with E-state index >= 15 is 0 Å². The van der Waals surface area contributed by atoms with Crippen molar-refractivity contribution in [3.8, 4) is 0 Å². The second-order valence-corrected chi connectivity index (χ2v) is 10.6. The lowest BCUT2D eigenvalue weighted by molar-refractivity contribution is -0.873. The van der Waals surface area contributed by atoms with Crippen LogP contribution in [0.1, 0.15) is 71.6 Å². The van der Waals surface area contributed by atoms with Crippen LogP contribution in [-0.2, 0) is 23.2 Å². The van der Waals surface area contributed by atoms with Gasteiger partial charge >= 0.3 is 13.8 Å². The molecular formula is C21H44N2O7P+. The van der Waals surface area contributed by atoms with E-state index in [1.165, 1.54) is 0 Å². The first-order valence-corrected chi connectivity index (χ1v) is 12.8. The molecule has 0 spiro atoms. The molecule has 0 aromatic rings. The number of carbonyl (C=O) groups excluding carboxylic acids is 1. The van der Waals surface area contributed by atoms with Crippen LogP contribution in [0.5, 0.6) is 0 Å². The Bertz CT molecular complexity index is 566. The Balaban J connectivity index is 3.96. The lowest BCUT2D eigenvalue weighted by Gasteiger charge is -2.29. The van der Waals surface area contributed by atoms with Crippen molar-refractivity contribution in [3.63, 3.8) is 0 Å². The van der Waals surface area contributed by atoms with Crippen molar-refractivity contribution in [2.75, 3.05) is 40.8 Å². The Labute approximate surface area is 187 Å². The van der Waals surface area contributed by atoms with E-state index in [4.69, 9.17) is 14.2 Å². The van der Waals surface area contributed by atoms with Gasteiger partial charge in [0.1, 0.15) is 12.6 Å². The molecule has 2 unspecified atom stereocenters. The summed E-state index contributed by atoms with van der Waals surface area (Å²) in [6.45, 7) is 5.09. The summed E-state index contributed by atoms with van der Waals surface area (Å²) in [5.74, 6) is -0.914. The molecule has 0 aliphatic rings. The van der Waals surface area contributed by atoms with Crippen LogP contribution < -0.4 is 5.32 Å². The van der Waals surface area contributed by atoms with Gasteiger partial charge < -0.3 is 19.8 Å². The third kappa shape index (κ3) is 18.3. The summed E-state index contributed by atoms with van der Waals surface area (Å²) in [5.41, 5.74) is 0. The quantitative estimate of drug-likeness (QED) is 0.151. The second kappa shape index (κ2) is 15.8. The predicted molar refractivity (Wildman–Crippen MR) is 121 cm³/mol. The minimum absolute atomic E-state index is 0.0610. The predicted octanol–water partition coefficient (Wildman–Crippen LogP) is 3.56. The summed E-state index contributed by atoms with van der Waals surface area (Å²) in [7, 11) is 1.23. The third-order valence-corrected chi connectivity index (χ3v) is 5.82. The molecule has 0 aromatic heterocycles. The number of nitrogens with one attached hydrogen (secondary N) is 1. The van der Waals surface area contributed by atoms with Gasteiger partial charge in [-0.15, -0.1) is 0 Å². The van der Waals surface area contributed by atoms with Crippen LogP contribution in [0.2, 0.25) is 0 Å². The molecule has 0 radical (unpaired) electrons. The van der Waals surface area contributed by atoms with Crippen LogP contribution >= 0.6 is 7.82 Å². The number of likely N-dealkylation sites (N-methyl/N-ethyl adjacent to an activating group) is 1. The van der Waals surface area contributed by atoms with E-state index in [9.17, 15) is 19.0 Å². The van der Waals surface area contributed by atoms with Gasteiger partial charge in [-0.05, 0) is 19.3 Å². The van der Waals surface area contributed by atoms with Gasteiger partial charge in [-0.3, -0.25) is 18.6 Å². The number of unbranched alkanes of at least 4 members (excludes halogenated alkanes) is 5. The number of phosphoric ester groups is 1. The summed E-state index contributed by atoms with van der Waals surface area (Å²) < 4.78 is 22.6. The fourth-order valence-corrected chi connectivity index (χ4v) is 4.06. The van der Waals surface area contributed by atoms with Gasteiger partial charge in [0.25, 0.3) is 0 Å². The van der Waals surface area contributed by atoms with E-state index in [2.05, 4.69) is 12.2 Å². The minimum atomic E-state index is -4.31. The van der Waals surface area contributed by atoms with Crippen molar-refractivity contribution in [3.05, 3.63) is 0 Å². The SMILES string of the molecule is CCCCC(C)C(=O)NCCCCCCCOP(=O)(O)O[C@H](CC(=O)O)C[N+](C)(C)C. The number of carboxylic acid groups (broad SMARTS) is 1. The van der Waals surface area contributed by atoms with Crippen LogP contribution in [0.15, 0.2) is 0 Å². The number of carboxylic acids is 1. The molecule has 9 nitrogen and oxygen atoms in total. The highest BCUT2D eigenvalue weighted by Crippen LogP contribution is 2.45. The number of carbonyl (C=O) groups is 2. The topological polar surface area (TPSA) is 122 Å². The van der Waals surface area contributed by atoms with Gasteiger partial charge in [-0.2, -0.15) is 0 Å². The fraction of sp³-hybridized carbons (Fsp3) is 0.905. The molecule has 184 valence electrons. The largest absolute Gasteiger partial charge is 0.481 e. The Morgan fingerprint density at radius 3 is 2.26 bits per heavy atom. The van der Waals surface area contributed by atoms with Crippen LogP contribution in [0.25, 0.3) is 0 Å². The molecule has 31 heavy (non-hydrogen) atoms. The molecule has 0 aliphatic carbocycles. The molecule has 3 N–H and O–H groups in total. The Hall–Kier alpha value is -0.990. The van der Waals surface area contributed by atoms with Crippen molar-refractivity contribution in [2.45, 2.75) is 77.7 Å². The number of aliphatic carboxylic acids is 1. The first-order valence-electron chi connectivity index (χ1n) is 11.3. The molecule has 10 heteroatoms. The number of hydrogen-bond acceptors (Lipinski definition) is 5. The highest BCUT2D eigenvalue weighted by Gasteiger charge is 2.31. The zero-order valence-electron chi connectivity index (χ0n) is 20.0. The summed E-state index contributed by atoms with van der Waals surface area (Å²) in [4.78, 5) is 32.8. The zero-order chi connectivity index (χ0) is 23.9. The molecule has 0 bridgehead atoms. The normalized spacial score (nSPS) is 15.8. The minimum Gasteiger partial charge on any atom is -0.481 e. The molecule has 0 aliphatic heterocycles. The summed E-state index contributed by atoms with van der Waals surface area (Å²) in [6, 6.07) is 0. The summed E-state index contributed by atoms with van der Waals surface area (Å²) in [5, 5.41) is 11.9. The highest BCUT2D eigenvalue weighted by molar-refractivity contribution is 7.47. The van der Waals surface area contributed by atoms with Gasteiger partial charge in [0, 0.05) is 12.5 Å². The van der Waals surface area contributed by atoms with Crippen molar-refractivity contribution in [1.82, 2.24) is 5.32 Å². The van der Waals surface area contributed by atoms with E-state index < -0.39 is 19.9 Å². The Morgan fingerprint density at radius 2 is 1.68 bits per heavy atom. The van der Waals surface area contributed by atoms with Gasteiger partial charge in [0.15, 0.2) is 0 Å². The molecule has 0 saturated heterocycles. The lowest BCUT2D eigenvalue weighted by atomic mass is 10.0. The smallest absolute Gasteiger partial charge is 0.472 e. The number of amides is 1. The molecule has 1 amide bonds. The Morgan fingerprint density at radius 1 is 1.06 bits per heavy atom. The van der Waals surface area contributed by atoms with Crippen molar-refractivity contribution < 1.29 is 37.7 Å². The van der Waals surface area contributed by atoms with Crippen LogP contribution in [0.3, 0.4) is 0 Å². The maximum Gasteiger partial charge on any atom is 0.472 e. The van der Waals surface area contributed by atoms with E-state index in [-0.39, 0.29) is 31.4 Å². The first-order chi connectivity index (χ1) is 14.4. The van der Waals surface area contributed by atoms with Crippen molar-refractivity contribution >= 4 is 19.7 Å². The molecule has 0 aromatic carbocycles. The molecular weight excluding hydrogens is 423 g/mol. The number of hydrogen-bond donors (Lipinski definition) is 3. The van der Waals surface area contributed by atoms with E-state index in [0.29, 0.717) is 17.4 Å². The zero-order valence-corrected chi connectivity index (χ0v) is 20.9. The average molecular weight is 468 g/mol. The number of rotatable bonds is 19. The second-order valence-electron chi connectivity index (χ2n) is 9.20. The van der Waals surface area contributed by atoms with E-state index in [1.54, 1.807) is 0 Å². The first kappa shape index (κ1) is 30.0. The van der Waals surface area contributed by atoms with Crippen molar-refractivity contribution in [1.29, 1.82) is 0 Å². The van der Waals surface area contributed by atoms with Gasteiger partial charge in [0.05, 0.1) is 34.2 Å². The summed E-state index contributed by atoms with van der Waals surface area (Å²) >= 11 is 0. The monoisotopic (exact) mass is 467 g/mol. The van der Waals surface area contributed by atoms with E-state index in [0.717, 1.165) is 44.9 Å².